The van der Waals surface area contributed by atoms with Crippen molar-refractivity contribution in [2.45, 2.75) is 11.4 Å². The number of aromatic nitrogens is 3. The fourth-order valence-corrected chi connectivity index (χ4v) is 3.12. The first-order valence-corrected chi connectivity index (χ1v) is 7.04. The molecule has 0 aromatic carbocycles. The molecule has 0 aliphatic carbocycles. The van der Waals surface area contributed by atoms with Crippen molar-refractivity contribution >= 4 is 31.9 Å². The van der Waals surface area contributed by atoms with Crippen LogP contribution in [-0.2, 0) is 16.6 Å². The lowest BCUT2D eigenvalue weighted by Crippen LogP contribution is -2.23. The molecule has 9 nitrogen and oxygen atoms in total. The number of rotatable bonds is 5. The normalized spacial score (nSPS) is 11.6. The van der Waals surface area contributed by atoms with Crippen LogP contribution in [0.3, 0.4) is 0 Å². The van der Waals surface area contributed by atoms with Gasteiger partial charge in [-0.3, -0.25) is 5.10 Å². The number of carboxylic acids is 1. The summed E-state index contributed by atoms with van der Waals surface area (Å²) in [6, 6.07) is 0.912. The highest BCUT2D eigenvalue weighted by atomic mass is 79.9. The lowest BCUT2D eigenvalue weighted by atomic mass is 10.5. The third-order valence-corrected chi connectivity index (χ3v) is 4.31. The number of nitrogens with zero attached hydrogens (tertiary/aromatic N) is 2. The van der Waals surface area contributed by atoms with Crippen LogP contribution in [0, 0.1) is 0 Å². The lowest BCUT2D eigenvalue weighted by Gasteiger charge is -2.02. The number of sulfonamides is 1. The molecule has 0 aliphatic rings. The van der Waals surface area contributed by atoms with Gasteiger partial charge in [0.1, 0.15) is 17.0 Å². The number of H-pyrrole nitrogens is 1. The van der Waals surface area contributed by atoms with Crippen LogP contribution in [0.5, 0.6) is 0 Å². The Bertz CT molecular complexity index is 693. The summed E-state index contributed by atoms with van der Waals surface area (Å²) < 4.78 is 30.7. The van der Waals surface area contributed by atoms with Gasteiger partial charge in [0.15, 0.2) is 4.67 Å². The first kappa shape index (κ1) is 13.7. The second-order valence-corrected chi connectivity index (χ2v) is 5.77. The highest BCUT2D eigenvalue weighted by molar-refractivity contribution is 9.10. The Labute approximate surface area is 115 Å². The molecule has 3 N–H and O–H groups in total. The molecule has 0 amide bonds. The molecule has 0 aliphatic heterocycles. The van der Waals surface area contributed by atoms with Gasteiger partial charge in [-0.15, -0.1) is 0 Å². The summed E-state index contributed by atoms with van der Waals surface area (Å²) in [5.41, 5.74) is 0. The molecule has 0 atom stereocenters. The second kappa shape index (κ2) is 5.11. The van der Waals surface area contributed by atoms with Crippen LogP contribution < -0.4 is 4.72 Å². The number of hydrogen-bond donors (Lipinski definition) is 3. The lowest BCUT2D eigenvalue weighted by molar-refractivity contribution is 0.0661. The molecule has 0 spiro atoms. The van der Waals surface area contributed by atoms with Gasteiger partial charge >= 0.3 is 5.97 Å². The van der Waals surface area contributed by atoms with E-state index in [-0.39, 0.29) is 16.1 Å². The Morgan fingerprint density at radius 2 is 2.32 bits per heavy atom. The van der Waals surface area contributed by atoms with Crippen LogP contribution in [-0.4, -0.2) is 34.7 Å². The van der Waals surface area contributed by atoms with Crippen LogP contribution in [0.15, 0.2) is 26.4 Å². The van der Waals surface area contributed by atoms with E-state index in [9.17, 15) is 13.2 Å². The Kier molecular flexibility index (Phi) is 3.68. The number of aromatic carboxylic acids is 1. The van der Waals surface area contributed by atoms with Crippen LogP contribution in [0.4, 0.5) is 0 Å². The van der Waals surface area contributed by atoms with Crippen molar-refractivity contribution in [2.24, 2.45) is 0 Å². The Hall–Kier alpha value is -1.72. The maximum Gasteiger partial charge on any atom is 0.371 e. The van der Waals surface area contributed by atoms with Crippen molar-refractivity contribution in [3.63, 3.8) is 0 Å². The zero-order valence-corrected chi connectivity index (χ0v) is 11.5. The minimum Gasteiger partial charge on any atom is -0.475 e. The summed E-state index contributed by atoms with van der Waals surface area (Å²) in [5, 5.41) is 14.8. The molecule has 102 valence electrons. The summed E-state index contributed by atoms with van der Waals surface area (Å²) in [7, 11) is -3.92. The van der Waals surface area contributed by atoms with Crippen LogP contribution in [0.1, 0.15) is 16.4 Å². The number of carbonyl (C=O) groups is 1. The molecule has 2 rings (SSSR count). The summed E-state index contributed by atoms with van der Waals surface area (Å²) in [5.74, 6) is -1.52. The largest absolute Gasteiger partial charge is 0.475 e. The Morgan fingerprint density at radius 1 is 1.58 bits per heavy atom. The fraction of sp³-hybridized carbons (Fsp3) is 0.125. The smallest absolute Gasteiger partial charge is 0.371 e. The van der Waals surface area contributed by atoms with E-state index in [1.54, 1.807) is 0 Å². The third-order valence-electron chi connectivity index (χ3n) is 2.05. The zero-order chi connectivity index (χ0) is 14.0. The number of hydrogen-bond acceptors (Lipinski definition) is 6. The summed E-state index contributed by atoms with van der Waals surface area (Å²) in [6.45, 7) is -0.109. The molecule has 0 fully saturated rings. The van der Waals surface area contributed by atoms with Crippen molar-refractivity contribution < 1.29 is 22.7 Å². The Morgan fingerprint density at radius 3 is 2.84 bits per heavy atom. The molecule has 0 saturated carbocycles. The van der Waals surface area contributed by atoms with Crippen LogP contribution in [0.25, 0.3) is 0 Å². The minimum atomic E-state index is -3.92. The molecule has 19 heavy (non-hydrogen) atoms. The second-order valence-electron chi connectivity index (χ2n) is 3.31. The molecular weight excluding hydrogens is 344 g/mol. The van der Waals surface area contributed by atoms with Crippen molar-refractivity contribution in [3.05, 3.63) is 28.6 Å². The number of furan rings is 1. The molecule has 2 aromatic heterocycles. The van der Waals surface area contributed by atoms with E-state index >= 15 is 0 Å². The minimum absolute atomic E-state index is 0.109. The quantitative estimate of drug-likeness (QED) is 0.706. The van der Waals surface area contributed by atoms with Crippen molar-refractivity contribution in [1.29, 1.82) is 0 Å². The van der Waals surface area contributed by atoms with E-state index in [2.05, 4.69) is 35.8 Å². The first-order valence-electron chi connectivity index (χ1n) is 4.76. The average molecular weight is 351 g/mol. The van der Waals surface area contributed by atoms with Gasteiger partial charge in [-0.1, -0.05) is 0 Å². The molecule has 0 saturated heterocycles. The fourth-order valence-electron chi connectivity index (χ4n) is 1.20. The maximum absolute atomic E-state index is 11.9. The van der Waals surface area contributed by atoms with Gasteiger partial charge in [0.05, 0.1) is 6.54 Å². The Balaban J connectivity index is 2.22. The van der Waals surface area contributed by atoms with E-state index in [0.717, 1.165) is 6.07 Å². The van der Waals surface area contributed by atoms with Gasteiger partial charge in [-0.05, 0) is 15.9 Å². The van der Waals surface area contributed by atoms with Gasteiger partial charge in [-0.2, -0.15) is 5.10 Å². The standard InChI is InChI=1S/C8H7BrN4O5S/c9-7-5(1-4(18-7)8(14)15)19(16,17)12-2-6-10-3-11-13-6/h1,3,12H,2H2,(H,14,15)(H,10,11,13). The molecule has 0 bridgehead atoms. The molecular formula is C8H7BrN4O5S. The van der Waals surface area contributed by atoms with E-state index in [1.807, 2.05) is 0 Å². The van der Waals surface area contributed by atoms with E-state index < -0.39 is 21.8 Å². The highest BCUT2D eigenvalue weighted by Crippen LogP contribution is 2.26. The zero-order valence-electron chi connectivity index (χ0n) is 9.12. The maximum atomic E-state index is 11.9. The van der Waals surface area contributed by atoms with Gasteiger partial charge < -0.3 is 9.52 Å². The third kappa shape index (κ3) is 3.00. The predicted octanol–water partition coefficient (Wildman–Crippen LogP) is 0.337. The summed E-state index contributed by atoms with van der Waals surface area (Å²) in [4.78, 5) is 14.1. The summed E-state index contributed by atoms with van der Waals surface area (Å²) in [6.07, 6.45) is 1.24. The van der Waals surface area contributed by atoms with Gasteiger partial charge in [0.2, 0.25) is 15.8 Å². The predicted molar refractivity (Wildman–Crippen MR) is 63.8 cm³/mol. The monoisotopic (exact) mass is 350 g/mol. The van der Waals surface area contributed by atoms with Crippen molar-refractivity contribution in [2.75, 3.05) is 0 Å². The number of halogens is 1. The van der Waals surface area contributed by atoms with Gasteiger partial charge in [0.25, 0.3) is 0 Å². The van der Waals surface area contributed by atoms with E-state index in [0.29, 0.717) is 5.82 Å². The molecule has 0 unspecified atom stereocenters. The van der Waals surface area contributed by atoms with Gasteiger partial charge in [-0.25, -0.2) is 22.9 Å². The number of nitrogens with one attached hydrogen (secondary N) is 2. The van der Waals surface area contributed by atoms with Crippen molar-refractivity contribution in [3.8, 4) is 0 Å². The van der Waals surface area contributed by atoms with E-state index in [1.165, 1.54) is 6.33 Å². The topological polar surface area (TPSA) is 138 Å². The molecule has 2 aromatic rings. The summed E-state index contributed by atoms with van der Waals surface area (Å²) >= 11 is 2.86. The van der Waals surface area contributed by atoms with Crippen LogP contribution in [0.2, 0.25) is 0 Å². The van der Waals surface area contributed by atoms with Gasteiger partial charge in [0, 0.05) is 6.07 Å². The van der Waals surface area contributed by atoms with Crippen LogP contribution >= 0.6 is 15.9 Å². The van der Waals surface area contributed by atoms with E-state index in [4.69, 9.17) is 9.52 Å². The molecule has 0 radical (unpaired) electrons. The number of carboxylic acid groups (broad SMARTS) is 1. The molecule has 2 heterocycles. The highest BCUT2D eigenvalue weighted by Gasteiger charge is 2.24. The number of aromatic amines is 1. The van der Waals surface area contributed by atoms with Crippen molar-refractivity contribution in [1.82, 2.24) is 19.9 Å². The molecule has 11 heteroatoms. The average Bonchev–Trinajstić information content (AvgIpc) is 2.95. The SMILES string of the molecule is O=C(O)c1cc(S(=O)(=O)NCc2ncn[nH]2)c(Br)o1. The first-order chi connectivity index (χ1) is 8.90.